The topological polar surface area (TPSA) is 60.9 Å². The number of aromatic nitrogens is 3. The summed E-state index contributed by atoms with van der Waals surface area (Å²) in [6.07, 6.45) is 3.50. The summed E-state index contributed by atoms with van der Waals surface area (Å²) >= 11 is 0. The van der Waals surface area contributed by atoms with E-state index in [1.54, 1.807) is 12.4 Å². The van der Waals surface area contributed by atoms with Crippen molar-refractivity contribution in [2.24, 2.45) is 0 Å². The Labute approximate surface area is 109 Å². The highest BCUT2D eigenvalue weighted by atomic mass is 16.4. The van der Waals surface area contributed by atoms with Gasteiger partial charge >= 0.3 is 5.63 Å². The maximum atomic E-state index is 11.4. The van der Waals surface area contributed by atoms with Crippen LogP contribution in [0.1, 0.15) is 16.8 Å². The molecule has 0 fully saturated rings. The zero-order valence-corrected chi connectivity index (χ0v) is 10.8. The molecule has 0 atom stereocenters. The minimum Gasteiger partial charge on any atom is -0.402 e. The molecular formula is C14H13N3O2. The number of fused-ring (bicyclic) bond motifs is 1. The number of aryl methyl sites for hydroxylation is 2. The molecule has 0 spiro atoms. The lowest BCUT2D eigenvalue weighted by Crippen LogP contribution is -2.03. The van der Waals surface area contributed by atoms with Crippen molar-refractivity contribution in [3.8, 4) is 0 Å². The molecule has 3 heterocycles. The van der Waals surface area contributed by atoms with Crippen molar-refractivity contribution in [3.05, 3.63) is 57.8 Å². The Bertz CT molecular complexity index is 788. The predicted octanol–water partition coefficient (Wildman–Crippen LogP) is 2.05. The third-order valence-electron chi connectivity index (χ3n) is 3.18. The summed E-state index contributed by atoms with van der Waals surface area (Å²) in [6.45, 7) is 4.50. The molecule has 5 heteroatoms. The first-order valence-electron chi connectivity index (χ1n) is 6.02. The second kappa shape index (κ2) is 4.35. The molecule has 19 heavy (non-hydrogen) atoms. The van der Waals surface area contributed by atoms with Crippen molar-refractivity contribution in [1.29, 1.82) is 0 Å². The van der Waals surface area contributed by atoms with Gasteiger partial charge in [0.05, 0.1) is 11.9 Å². The monoisotopic (exact) mass is 255 g/mol. The Balaban J connectivity index is 2.13. The summed E-state index contributed by atoms with van der Waals surface area (Å²) < 4.78 is 6.99. The molecule has 0 aliphatic heterocycles. The number of rotatable bonds is 2. The Morgan fingerprint density at radius 3 is 2.74 bits per heavy atom. The van der Waals surface area contributed by atoms with Gasteiger partial charge in [-0.1, -0.05) is 0 Å². The fourth-order valence-electron chi connectivity index (χ4n) is 2.23. The third kappa shape index (κ3) is 2.03. The van der Waals surface area contributed by atoms with Crippen LogP contribution >= 0.6 is 0 Å². The SMILES string of the molecule is Cc1cc(=O)oc2nn(Cc3ccncc3)c(C)c12. The molecule has 0 unspecified atom stereocenters. The molecule has 0 N–H and O–H groups in total. The summed E-state index contributed by atoms with van der Waals surface area (Å²) in [5, 5.41) is 5.27. The Morgan fingerprint density at radius 1 is 1.26 bits per heavy atom. The molecular weight excluding hydrogens is 242 g/mol. The van der Waals surface area contributed by atoms with E-state index in [1.807, 2.05) is 30.7 Å². The maximum absolute atomic E-state index is 11.4. The molecule has 0 aromatic carbocycles. The molecule has 0 aliphatic rings. The predicted molar refractivity (Wildman–Crippen MR) is 71.1 cm³/mol. The standard InChI is InChI=1S/C14H13N3O2/c1-9-7-12(18)19-14-13(9)10(2)17(16-14)8-11-3-5-15-6-4-11/h3-7H,8H2,1-2H3. The molecule has 0 amide bonds. The van der Waals surface area contributed by atoms with Crippen LogP contribution in [0.4, 0.5) is 0 Å². The van der Waals surface area contributed by atoms with E-state index < -0.39 is 0 Å². The van der Waals surface area contributed by atoms with E-state index in [2.05, 4.69) is 10.1 Å². The number of hydrogen-bond acceptors (Lipinski definition) is 4. The maximum Gasteiger partial charge on any atom is 0.337 e. The Morgan fingerprint density at radius 2 is 2.00 bits per heavy atom. The summed E-state index contributed by atoms with van der Waals surface area (Å²) in [6, 6.07) is 5.37. The van der Waals surface area contributed by atoms with Crippen LogP contribution < -0.4 is 5.63 Å². The van der Waals surface area contributed by atoms with Crippen molar-refractivity contribution >= 4 is 11.1 Å². The van der Waals surface area contributed by atoms with E-state index in [1.165, 1.54) is 6.07 Å². The van der Waals surface area contributed by atoms with Crippen molar-refractivity contribution < 1.29 is 4.42 Å². The van der Waals surface area contributed by atoms with E-state index in [4.69, 9.17) is 4.42 Å². The van der Waals surface area contributed by atoms with Gasteiger partial charge in [0.25, 0.3) is 0 Å². The van der Waals surface area contributed by atoms with E-state index >= 15 is 0 Å². The van der Waals surface area contributed by atoms with Gasteiger partial charge in [0.2, 0.25) is 5.71 Å². The van der Waals surface area contributed by atoms with E-state index in [0.717, 1.165) is 22.2 Å². The molecule has 3 rings (SSSR count). The summed E-state index contributed by atoms with van der Waals surface area (Å²) in [5.41, 5.74) is 3.03. The lowest BCUT2D eigenvalue weighted by Gasteiger charge is -2.03. The van der Waals surface area contributed by atoms with Crippen molar-refractivity contribution in [3.63, 3.8) is 0 Å². The smallest absolute Gasteiger partial charge is 0.337 e. The van der Waals surface area contributed by atoms with Gasteiger partial charge in [-0.25, -0.2) is 4.79 Å². The van der Waals surface area contributed by atoms with E-state index in [0.29, 0.717) is 12.3 Å². The van der Waals surface area contributed by atoms with E-state index in [-0.39, 0.29) is 5.63 Å². The van der Waals surface area contributed by atoms with Crippen LogP contribution in [-0.2, 0) is 6.54 Å². The summed E-state index contributed by atoms with van der Waals surface area (Å²) in [5.74, 6) is 0. The number of nitrogens with zero attached hydrogens (tertiary/aromatic N) is 3. The minimum atomic E-state index is -0.362. The first-order valence-corrected chi connectivity index (χ1v) is 6.02. The zero-order chi connectivity index (χ0) is 13.4. The molecule has 0 bridgehead atoms. The van der Waals surface area contributed by atoms with Crippen LogP contribution in [0.2, 0.25) is 0 Å². The normalized spacial score (nSPS) is 11.1. The number of hydrogen-bond donors (Lipinski definition) is 0. The van der Waals surface area contributed by atoms with E-state index in [9.17, 15) is 4.79 Å². The fraction of sp³-hybridized carbons (Fsp3) is 0.214. The van der Waals surface area contributed by atoms with Gasteiger partial charge in [0.1, 0.15) is 0 Å². The quantitative estimate of drug-likeness (QED) is 0.703. The van der Waals surface area contributed by atoms with Crippen LogP contribution in [0.5, 0.6) is 0 Å². The molecule has 0 radical (unpaired) electrons. The van der Waals surface area contributed by atoms with Crippen LogP contribution in [0, 0.1) is 13.8 Å². The van der Waals surface area contributed by atoms with Gasteiger partial charge in [-0.3, -0.25) is 9.67 Å². The summed E-state index contributed by atoms with van der Waals surface area (Å²) in [7, 11) is 0. The summed E-state index contributed by atoms with van der Waals surface area (Å²) in [4.78, 5) is 15.3. The molecule has 3 aromatic heterocycles. The van der Waals surface area contributed by atoms with Gasteiger partial charge in [-0.15, -0.1) is 5.10 Å². The largest absolute Gasteiger partial charge is 0.402 e. The fourth-order valence-corrected chi connectivity index (χ4v) is 2.23. The second-order valence-electron chi connectivity index (χ2n) is 4.53. The van der Waals surface area contributed by atoms with Gasteiger partial charge in [0, 0.05) is 24.2 Å². The average molecular weight is 255 g/mol. The van der Waals surface area contributed by atoms with Crippen molar-refractivity contribution in [2.75, 3.05) is 0 Å². The van der Waals surface area contributed by atoms with Crippen molar-refractivity contribution in [2.45, 2.75) is 20.4 Å². The minimum absolute atomic E-state index is 0.362. The van der Waals surface area contributed by atoms with Crippen LogP contribution in [0.3, 0.4) is 0 Å². The third-order valence-corrected chi connectivity index (χ3v) is 3.18. The first kappa shape index (κ1) is 11.6. The molecule has 3 aromatic rings. The van der Waals surface area contributed by atoms with Crippen LogP contribution in [0.15, 0.2) is 39.8 Å². The Kier molecular flexibility index (Phi) is 2.67. The van der Waals surface area contributed by atoms with Gasteiger partial charge in [-0.05, 0) is 37.1 Å². The number of pyridine rings is 1. The lowest BCUT2D eigenvalue weighted by atomic mass is 10.2. The highest BCUT2D eigenvalue weighted by Gasteiger charge is 2.12. The molecule has 96 valence electrons. The molecule has 0 aliphatic carbocycles. The molecule has 0 saturated heterocycles. The van der Waals surface area contributed by atoms with Crippen LogP contribution in [-0.4, -0.2) is 14.8 Å². The first-order chi connectivity index (χ1) is 9.15. The van der Waals surface area contributed by atoms with Gasteiger partial charge in [-0.2, -0.15) is 0 Å². The van der Waals surface area contributed by atoms with Gasteiger partial charge < -0.3 is 4.42 Å². The highest BCUT2D eigenvalue weighted by molar-refractivity contribution is 5.79. The molecule has 0 saturated carbocycles. The highest BCUT2D eigenvalue weighted by Crippen LogP contribution is 2.20. The van der Waals surface area contributed by atoms with Crippen molar-refractivity contribution in [1.82, 2.24) is 14.8 Å². The Hall–Kier alpha value is -2.43. The zero-order valence-electron chi connectivity index (χ0n) is 10.8. The lowest BCUT2D eigenvalue weighted by molar-refractivity contribution is 0.535. The average Bonchev–Trinajstić information content (AvgIpc) is 2.67. The van der Waals surface area contributed by atoms with Gasteiger partial charge in [0.15, 0.2) is 0 Å². The van der Waals surface area contributed by atoms with Crippen LogP contribution in [0.25, 0.3) is 11.1 Å². The second-order valence-corrected chi connectivity index (χ2v) is 4.53. The molecule has 5 nitrogen and oxygen atoms in total.